The van der Waals surface area contributed by atoms with E-state index in [4.69, 9.17) is 4.55 Å². The van der Waals surface area contributed by atoms with Gasteiger partial charge in [-0.3, -0.25) is 9.35 Å². The number of carbonyl (C=O) groups is 2. The fourth-order valence-corrected chi connectivity index (χ4v) is 0.393. The predicted octanol–water partition coefficient (Wildman–Crippen LogP) is -1.34. The monoisotopic (exact) mass is 152 g/mol. The molecule has 0 aliphatic rings. The second-order valence-corrected chi connectivity index (χ2v) is 1.85. The van der Waals surface area contributed by atoms with Crippen molar-refractivity contribution in [3.63, 3.8) is 0 Å². The Morgan fingerprint density at radius 2 is 2.22 bits per heavy atom. The number of hydrogen-bond donors (Lipinski definition) is 2. The average molecular weight is 152 g/mol. The van der Waals surface area contributed by atoms with Gasteiger partial charge in [0.05, 0.1) is 0 Å². The highest BCUT2D eigenvalue weighted by atomic mass is 32.2. The van der Waals surface area contributed by atoms with Gasteiger partial charge in [0.2, 0.25) is 6.41 Å². The van der Waals surface area contributed by atoms with E-state index in [1.165, 1.54) is 0 Å². The number of imide groups is 1. The van der Waals surface area contributed by atoms with Gasteiger partial charge in [0, 0.05) is 0 Å². The Labute approximate surface area is 53.0 Å². The first-order valence-corrected chi connectivity index (χ1v) is 2.81. The predicted molar refractivity (Wildman–Crippen MR) is 28.3 cm³/mol. The van der Waals surface area contributed by atoms with Crippen molar-refractivity contribution in [3.05, 3.63) is 0 Å². The van der Waals surface area contributed by atoms with Gasteiger partial charge in [-0.1, -0.05) is 0 Å². The van der Waals surface area contributed by atoms with Gasteiger partial charge in [0.25, 0.3) is 11.3 Å². The summed E-state index contributed by atoms with van der Waals surface area (Å²) in [5, 5.41) is 0. The van der Waals surface area contributed by atoms with Gasteiger partial charge in [0.1, 0.15) is 0 Å². The zero-order chi connectivity index (χ0) is 7.44. The molecule has 3 amide bonds. The zero-order valence-corrected chi connectivity index (χ0v) is 5.00. The van der Waals surface area contributed by atoms with Crippen LogP contribution in [0.4, 0.5) is 4.79 Å². The van der Waals surface area contributed by atoms with Crippen molar-refractivity contribution in [2.45, 2.75) is 0 Å². The topological polar surface area (TPSA) is 101 Å². The lowest BCUT2D eigenvalue weighted by Gasteiger charge is -2.03. The minimum atomic E-state index is -2.64. The largest absolute Gasteiger partial charge is 0.350 e. The molecule has 6 nitrogen and oxygen atoms in total. The number of nitrogens with two attached hydrogens (primary N) is 1. The Hall–Kier alpha value is -0.950. The smallest absolute Gasteiger partial charge is 0.335 e. The molecule has 0 bridgehead atoms. The van der Waals surface area contributed by atoms with Crippen LogP contribution in [0.3, 0.4) is 0 Å². The second kappa shape index (κ2) is 3.15. The number of primary amides is 1. The van der Waals surface area contributed by atoms with Crippen LogP contribution in [0.1, 0.15) is 0 Å². The molecule has 0 aromatic rings. The summed E-state index contributed by atoms with van der Waals surface area (Å²) >= 11 is -2.64. The van der Waals surface area contributed by atoms with Gasteiger partial charge in [-0.25, -0.2) is 9.00 Å². The molecule has 1 atom stereocenters. The third-order valence-electron chi connectivity index (χ3n) is 0.481. The molecule has 0 spiro atoms. The van der Waals surface area contributed by atoms with E-state index in [0.717, 1.165) is 0 Å². The van der Waals surface area contributed by atoms with Crippen LogP contribution in [0.2, 0.25) is 0 Å². The maximum atomic E-state index is 9.94. The summed E-state index contributed by atoms with van der Waals surface area (Å²) < 4.78 is 17.9. The third-order valence-corrected chi connectivity index (χ3v) is 1.08. The summed E-state index contributed by atoms with van der Waals surface area (Å²) in [5.41, 5.74) is 4.45. The molecule has 0 heterocycles. The van der Waals surface area contributed by atoms with Crippen LogP contribution in [0.5, 0.6) is 0 Å². The third kappa shape index (κ3) is 2.20. The van der Waals surface area contributed by atoms with Gasteiger partial charge in [-0.2, -0.15) is 4.31 Å². The highest BCUT2D eigenvalue weighted by Crippen LogP contribution is 1.83. The first kappa shape index (κ1) is 8.05. The molecule has 0 saturated carbocycles. The first-order valence-electron chi connectivity index (χ1n) is 1.74. The number of carbonyl (C=O) groups excluding carboxylic acids is 2. The molecule has 0 aromatic heterocycles. The van der Waals surface area contributed by atoms with Crippen LogP contribution in [-0.2, 0) is 16.1 Å². The molecular weight excluding hydrogens is 148 g/mol. The highest BCUT2D eigenvalue weighted by Gasteiger charge is 2.12. The summed E-state index contributed by atoms with van der Waals surface area (Å²) in [5.74, 6) is 0. The Bertz CT molecular complexity index is 143. The quantitative estimate of drug-likeness (QED) is 0.377. The summed E-state index contributed by atoms with van der Waals surface area (Å²) in [4.78, 5) is 19.6. The summed E-state index contributed by atoms with van der Waals surface area (Å²) in [7, 11) is 0. The molecule has 1 unspecified atom stereocenters. The van der Waals surface area contributed by atoms with Crippen molar-refractivity contribution < 1.29 is 18.4 Å². The van der Waals surface area contributed by atoms with Crippen molar-refractivity contribution in [2.75, 3.05) is 0 Å². The van der Waals surface area contributed by atoms with E-state index >= 15 is 0 Å². The summed E-state index contributed by atoms with van der Waals surface area (Å²) in [6.07, 6.45) is -0.127. The van der Waals surface area contributed by atoms with Crippen molar-refractivity contribution >= 4 is 23.7 Å². The lowest BCUT2D eigenvalue weighted by Crippen LogP contribution is -2.35. The molecule has 0 aromatic carbocycles. The Kier molecular flexibility index (Phi) is 2.82. The van der Waals surface area contributed by atoms with Gasteiger partial charge in [0.15, 0.2) is 0 Å². The van der Waals surface area contributed by atoms with E-state index in [1.807, 2.05) is 0 Å². The lowest BCUT2D eigenvalue weighted by molar-refractivity contribution is -0.112. The summed E-state index contributed by atoms with van der Waals surface area (Å²) in [6.45, 7) is 0. The van der Waals surface area contributed by atoms with Crippen LogP contribution in [-0.4, -0.2) is 25.5 Å². The minimum absolute atomic E-state index is 0.0556. The van der Waals surface area contributed by atoms with Crippen LogP contribution in [0.25, 0.3) is 0 Å². The normalized spacial score (nSPS) is 12.1. The maximum absolute atomic E-state index is 9.94. The molecule has 3 N–H and O–H groups in total. The molecule has 0 saturated heterocycles. The number of urea groups is 1. The van der Waals surface area contributed by atoms with E-state index in [0.29, 0.717) is 0 Å². The van der Waals surface area contributed by atoms with E-state index in [-0.39, 0.29) is 10.7 Å². The summed E-state index contributed by atoms with van der Waals surface area (Å²) in [6, 6.07) is -1.26. The average Bonchev–Trinajstić information content (AvgIpc) is 1.64. The van der Waals surface area contributed by atoms with Gasteiger partial charge in [-0.05, 0) is 0 Å². The van der Waals surface area contributed by atoms with Crippen molar-refractivity contribution in [2.24, 2.45) is 5.73 Å². The zero-order valence-electron chi connectivity index (χ0n) is 4.18. The number of hydrogen-bond acceptors (Lipinski definition) is 3. The van der Waals surface area contributed by atoms with Crippen molar-refractivity contribution in [3.8, 4) is 0 Å². The fourth-order valence-electron chi connectivity index (χ4n) is 0.166. The fraction of sp³-hybridized carbons (Fsp3) is 0. The molecule has 7 heteroatoms. The number of amides is 3. The molecule has 0 radical (unpaired) electrons. The molecular formula is C2H4N2O4S. The van der Waals surface area contributed by atoms with Crippen LogP contribution in [0, 0.1) is 0 Å². The van der Waals surface area contributed by atoms with E-state index in [1.54, 1.807) is 0 Å². The number of nitrogens with zero attached hydrogens (tertiary/aromatic N) is 1. The van der Waals surface area contributed by atoms with Crippen molar-refractivity contribution in [1.82, 2.24) is 4.31 Å². The lowest BCUT2D eigenvalue weighted by atomic mass is 11.0. The van der Waals surface area contributed by atoms with E-state index < -0.39 is 17.3 Å². The maximum Gasteiger partial charge on any atom is 0.335 e. The highest BCUT2D eigenvalue weighted by molar-refractivity contribution is 7.77. The molecule has 0 fully saturated rings. The Balaban J connectivity index is 4.16. The molecule has 52 valence electrons. The second-order valence-electron chi connectivity index (χ2n) is 1.00. The molecule has 9 heavy (non-hydrogen) atoms. The van der Waals surface area contributed by atoms with E-state index in [2.05, 4.69) is 5.73 Å². The molecule has 0 aliphatic heterocycles. The minimum Gasteiger partial charge on any atom is -0.350 e. The number of rotatable bonds is 2. The van der Waals surface area contributed by atoms with Gasteiger partial charge < -0.3 is 5.73 Å². The Morgan fingerprint density at radius 3 is 2.22 bits per heavy atom. The standard InChI is InChI=1S/C2H4N2O4S/c3-2(6)4(1-5)9(7)8/h1H,(H2,3,6)(H,7,8). The Morgan fingerprint density at radius 1 is 1.78 bits per heavy atom. The van der Waals surface area contributed by atoms with E-state index in [9.17, 15) is 13.8 Å². The SMILES string of the molecule is NC(=O)N(C=O)S(=O)O. The first-order chi connectivity index (χ1) is 4.09. The van der Waals surface area contributed by atoms with Crippen LogP contribution >= 0.6 is 0 Å². The van der Waals surface area contributed by atoms with Gasteiger partial charge >= 0.3 is 6.03 Å². The van der Waals surface area contributed by atoms with Crippen LogP contribution < -0.4 is 5.73 Å². The van der Waals surface area contributed by atoms with Crippen molar-refractivity contribution in [1.29, 1.82) is 0 Å². The van der Waals surface area contributed by atoms with Crippen LogP contribution in [0.15, 0.2) is 0 Å². The molecule has 0 rings (SSSR count). The molecule has 0 aliphatic carbocycles. The van der Waals surface area contributed by atoms with Gasteiger partial charge in [-0.15, -0.1) is 0 Å².